The van der Waals surface area contributed by atoms with E-state index in [9.17, 15) is 0 Å². The highest BCUT2D eigenvalue weighted by molar-refractivity contribution is 9.09. The predicted octanol–water partition coefficient (Wildman–Crippen LogP) is 3.11. The third-order valence-corrected chi connectivity index (χ3v) is 2.22. The van der Waals surface area contributed by atoms with Gasteiger partial charge in [-0.15, -0.1) is 0 Å². The average molecular weight is 228 g/mol. The van der Waals surface area contributed by atoms with Crippen LogP contribution in [0.15, 0.2) is 18.5 Å². The molecule has 1 aromatic heterocycles. The molecule has 0 saturated carbocycles. The predicted molar refractivity (Wildman–Crippen MR) is 55.7 cm³/mol. The van der Waals surface area contributed by atoms with Crippen molar-refractivity contribution in [3.05, 3.63) is 29.6 Å². The van der Waals surface area contributed by atoms with Crippen LogP contribution in [0.2, 0.25) is 0 Å². The van der Waals surface area contributed by atoms with E-state index >= 15 is 0 Å². The standard InChI is InChI=1S/C10H14BrN/c1-8-5-10(7-12-6-8)4-3-9(2)11/h5-7,9H,3-4H2,1-2H3. The van der Waals surface area contributed by atoms with Crippen LogP contribution < -0.4 is 0 Å². The van der Waals surface area contributed by atoms with Gasteiger partial charge >= 0.3 is 0 Å². The molecule has 1 unspecified atom stereocenters. The Hall–Kier alpha value is -0.370. The summed E-state index contributed by atoms with van der Waals surface area (Å²) in [6.45, 7) is 4.25. The van der Waals surface area contributed by atoms with Gasteiger partial charge in [-0.2, -0.15) is 0 Å². The van der Waals surface area contributed by atoms with Gasteiger partial charge in [-0.1, -0.05) is 28.9 Å². The van der Waals surface area contributed by atoms with Crippen LogP contribution in [-0.2, 0) is 6.42 Å². The normalized spacial score (nSPS) is 12.9. The first kappa shape index (κ1) is 9.72. The Kier molecular flexibility index (Phi) is 3.73. The van der Waals surface area contributed by atoms with Gasteiger partial charge in [0.25, 0.3) is 0 Å². The fraction of sp³-hybridized carbons (Fsp3) is 0.500. The second-order valence-electron chi connectivity index (χ2n) is 3.19. The third-order valence-electron chi connectivity index (χ3n) is 1.76. The van der Waals surface area contributed by atoms with E-state index in [4.69, 9.17) is 0 Å². The Morgan fingerprint density at radius 3 is 2.83 bits per heavy atom. The summed E-state index contributed by atoms with van der Waals surface area (Å²) in [6.07, 6.45) is 6.12. The lowest BCUT2D eigenvalue weighted by Gasteiger charge is -2.03. The number of aryl methyl sites for hydroxylation is 2. The second kappa shape index (κ2) is 4.61. The van der Waals surface area contributed by atoms with Crippen molar-refractivity contribution in [3.63, 3.8) is 0 Å². The van der Waals surface area contributed by atoms with E-state index in [1.54, 1.807) is 0 Å². The van der Waals surface area contributed by atoms with Crippen molar-refractivity contribution in [1.29, 1.82) is 0 Å². The van der Waals surface area contributed by atoms with Gasteiger partial charge in [-0.25, -0.2) is 0 Å². The molecule has 0 amide bonds. The quantitative estimate of drug-likeness (QED) is 0.724. The zero-order chi connectivity index (χ0) is 8.97. The maximum atomic E-state index is 4.15. The number of hydrogen-bond acceptors (Lipinski definition) is 1. The largest absolute Gasteiger partial charge is 0.264 e. The van der Waals surface area contributed by atoms with Crippen molar-refractivity contribution in [1.82, 2.24) is 4.98 Å². The number of halogens is 1. The molecule has 0 aliphatic rings. The van der Waals surface area contributed by atoms with Gasteiger partial charge in [0.15, 0.2) is 0 Å². The first-order chi connectivity index (χ1) is 5.68. The SMILES string of the molecule is Cc1cncc(CCC(C)Br)c1. The van der Waals surface area contributed by atoms with Crippen molar-refractivity contribution >= 4 is 15.9 Å². The topological polar surface area (TPSA) is 12.9 Å². The number of rotatable bonds is 3. The van der Waals surface area contributed by atoms with Crippen LogP contribution >= 0.6 is 15.9 Å². The van der Waals surface area contributed by atoms with Gasteiger partial charge in [0.2, 0.25) is 0 Å². The minimum Gasteiger partial charge on any atom is -0.264 e. The summed E-state index contributed by atoms with van der Waals surface area (Å²) in [5.74, 6) is 0. The lowest BCUT2D eigenvalue weighted by Crippen LogP contribution is -1.94. The molecule has 1 heterocycles. The Balaban J connectivity index is 2.52. The highest BCUT2D eigenvalue weighted by Gasteiger charge is 1.98. The van der Waals surface area contributed by atoms with Crippen LogP contribution in [0.4, 0.5) is 0 Å². The van der Waals surface area contributed by atoms with E-state index in [1.807, 2.05) is 12.4 Å². The molecule has 12 heavy (non-hydrogen) atoms. The van der Waals surface area contributed by atoms with Crippen molar-refractivity contribution in [2.45, 2.75) is 31.5 Å². The second-order valence-corrected chi connectivity index (χ2v) is 4.75. The smallest absolute Gasteiger partial charge is 0.0300 e. The number of aromatic nitrogens is 1. The van der Waals surface area contributed by atoms with Crippen molar-refractivity contribution in [2.24, 2.45) is 0 Å². The molecule has 66 valence electrons. The monoisotopic (exact) mass is 227 g/mol. The first-order valence-electron chi connectivity index (χ1n) is 4.23. The van der Waals surface area contributed by atoms with Crippen LogP contribution in [0, 0.1) is 6.92 Å². The van der Waals surface area contributed by atoms with Crippen LogP contribution in [0.5, 0.6) is 0 Å². The molecule has 0 bridgehead atoms. The van der Waals surface area contributed by atoms with Crippen LogP contribution in [0.1, 0.15) is 24.5 Å². The van der Waals surface area contributed by atoms with Gasteiger partial charge in [0.05, 0.1) is 0 Å². The maximum absolute atomic E-state index is 4.15. The molecule has 0 fully saturated rings. The molecule has 0 aliphatic carbocycles. The molecule has 2 heteroatoms. The summed E-state index contributed by atoms with van der Waals surface area (Å²) in [5, 5.41) is 0. The van der Waals surface area contributed by atoms with E-state index in [0.717, 1.165) is 6.42 Å². The summed E-state index contributed by atoms with van der Waals surface area (Å²) in [6, 6.07) is 2.20. The lowest BCUT2D eigenvalue weighted by atomic mass is 10.1. The summed E-state index contributed by atoms with van der Waals surface area (Å²) in [7, 11) is 0. The number of alkyl halides is 1. The molecular weight excluding hydrogens is 214 g/mol. The lowest BCUT2D eigenvalue weighted by molar-refractivity contribution is 0.817. The molecule has 0 N–H and O–H groups in total. The summed E-state index contributed by atoms with van der Waals surface area (Å²) < 4.78 is 0. The van der Waals surface area contributed by atoms with Crippen molar-refractivity contribution in [3.8, 4) is 0 Å². The van der Waals surface area contributed by atoms with Crippen LogP contribution in [0.3, 0.4) is 0 Å². The van der Waals surface area contributed by atoms with Crippen LogP contribution in [-0.4, -0.2) is 9.81 Å². The summed E-state index contributed by atoms with van der Waals surface area (Å²) in [5.41, 5.74) is 2.58. The summed E-state index contributed by atoms with van der Waals surface area (Å²) >= 11 is 3.53. The van der Waals surface area contributed by atoms with Crippen LogP contribution in [0.25, 0.3) is 0 Å². The zero-order valence-corrected chi connectivity index (χ0v) is 9.13. The van der Waals surface area contributed by atoms with E-state index < -0.39 is 0 Å². The minimum atomic E-state index is 0.595. The van der Waals surface area contributed by atoms with Gasteiger partial charge in [0.1, 0.15) is 0 Å². The molecule has 1 rings (SSSR count). The minimum absolute atomic E-state index is 0.595. The molecule has 0 aromatic carbocycles. The van der Waals surface area contributed by atoms with E-state index in [0.29, 0.717) is 4.83 Å². The van der Waals surface area contributed by atoms with Gasteiger partial charge in [-0.3, -0.25) is 4.98 Å². The third kappa shape index (κ3) is 3.35. The average Bonchev–Trinajstić information content (AvgIpc) is 2.01. The molecule has 1 nitrogen and oxygen atoms in total. The highest BCUT2D eigenvalue weighted by Crippen LogP contribution is 2.10. The maximum Gasteiger partial charge on any atom is 0.0300 e. The summed E-state index contributed by atoms with van der Waals surface area (Å²) in [4.78, 5) is 4.74. The Labute approximate surface area is 82.3 Å². The Bertz CT molecular complexity index is 245. The molecule has 1 atom stereocenters. The number of hydrogen-bond donors (Lipinski definition) is 0. The fourth-order valence-electron chi connectivity index (χ4n) is 1.12. The number of nitrogens with zero attached hydrogens (tertiary/aromatic N) is 1. The molecule has 0 radical (unpaired) electrons. The Morgan fingerprint density at radius 1 is 1.50 bits per heavy atom. The van der Waals surface area contributed by atoms with E-state index in [-0.39, 0.29) is 0 Å². The number of pyridine rings is 1. The molecule has 0 spiro atoms. The van der Waals surface area contributed by atoms with Gasteiger partial charge in [-0.05, 0) is 30.9 Å². The van der Waals surface area contributed by atoms with Gasteiger partial charge in [0, 0.05) is 17.2 Å². The van der Waals surface area contributed by atoms with Crippen molar-refractivity contribution in [2.75, 3.05) is 0 Å². The molecular formula is C10H14BrN. The van der Waals surface area contributed by atoms with Crippen molar-refractivity contribution < 1.29 is 0 Å². The van der Waals surface area contributed by atoms with E-state index in [1.165, 1.54) is 17.5 Å². The van der Waals surface area contributed by atoms with E-state index in [2.05, 4.69) is 40.8 Å². The van der Waals surface area contributed by atoms with Gasteiger partial charge < -0.3 is 0 Å². The first-order valence-corrected chi connectivity index (χ1v) is 5.14. The highest BCUT2D eigenvalue weighted by atomic mass is 79.9. The molecule has 0 saturated heterocycles. The zero-order valence-electron chi connectivity index (χ0n) is 7.55. The molecule has 1 aromatic rings. The fourth-order valence-corrected chi connectivity index (χ4v) is 1.35. The Morgan fingerprint density at radius 2 is 2.25 bits per heavy atom. The molecule has 0 aliphatic heterocycles.